The van der Waals surface area contributed by atoms with Crippen molar-refractivity contribution >= 4 is 54.4 Å². The number of rotatable bonds is 6. The van der Waals surface area contributed by atoms with Crippen molar-refractivity contribution in [1.29, 1.82) is 0 Å². The second-order valence-corrected chi connectivity index (χ2v) is 9.65. The quantitative estimate of drug-likeness (QED) is 0.580. The fourth-order valence-corrected chi connectivity index (χ4v) is 4.99. The summed E-state index contributed by atoms with van der Waals surface area (Å²) in [6.45, 7) is 0.154. The van der Waals surface area contributed by atoms with Gasteiger partial charge in [-0.05, 0) is 47.8 Å². The second-order valence-electron chi connectivity index (χ2n) is 4.85. The molecule has 0 aliphatic heterocycles. The van der Waals surface area contributed by atoms with E-state index in [1.54, 1.807) is 30.3 Å². The van der Waals surface area contributed by atoms with Gasteiger partial charge in [0.05, 0.1) is 14.6 Å². The van der Waals surface area contributed by atoms with Crippen molar-refractivity contribution < 1.29 is 13.2 Å². The van der Waals surface area contributed by atoms with Gasteiger partial charge in [0, 0.05) is 15.9 Å². The van der Waals surface area contributed by atoms with Crippen LogP contribution in [0.15, 0.2) is 63.3 Å². The average molecular weight is 442 g/mol. The molecule has 0 unspecified atom stereocenters. The maximum atomic E-state index is 12.3. The molecule has 0 amide bonds. The van der Waals surface area contributed by atoms with E-state index in [1.165, 1.54) is 34.8 Å². The van der Waals surface area contributed by atoms with Crippen molar-refractivity contribution in [3.63, 3.8) is 0 Å². The monoisotopic (exact) mass is 441 g/mol. The van der Waals surface area contributed by atoms with Gasteiger partial charge in [0.15, 0.2) is 0 Å². The zero-order valence-electron chi connectivity index (χ0n) is 12.2. The molecule has 0 spiro atoms. The first-order valence-electron chi connectivity index (χ1n) is 6.88. The summed E-state index contributed by atoms with van der Waals surface area (Å²) in [5.74, 6) is -0.0305. The van der Waals surface area contributed by atoms with E-state index in [9.17, 15) is 13.2 Å². The molecule has 0 saturated carbocycles. The molecule has 1 N–H and O–H groups in total. The number of carbonyl (C=O) groups is 1. The van der Waals surface area contributed by atoms with Crippen LogP contribution in [0.5, 0.6) is 0 Å². The molecule has 0 saturated heterocycles. The minimum Gasteiger partial charge on any atom is -0.287 e. The maximum Gasteiger partial charge on any atom is 0.240 e. The summed E-state index contributed by atoms with van der Waals surface area (Å²) in [4.78, 5) is 14.5. The number of hydrogen-bond acceptors (Lipinski definition) is 5. The number of halogens is 1. The topological polar surface area (TPSA) is 63.2 Å². The summed E-state index contributed by atoms with van der Waals surface area (Å²) in [6.07, 6.45) is 0. The van der Waals surface area contributed by atoms with Crippen molar-refractivity contribution in [3.8, 4) is 0 Å². The van der Waals surface area contributed by atoms with Gasteiger partial charge in [0.25, 0.3) is 0 Å². The summed E-state index contributed by atoms with van der Waals surface area (Å²) in [6, 6.07) is 13.5. The standard InChI is InChI=1S/C16H12BrNO3S3/c17-11-3-6-13(7-4-11)24(20,21)18-10-12-5-8-15(23-12)16(19)14-2-1-9-22-14/h1-9,18H,10H2. The first-order valence-corrected chi connectivity index (χ1v) is 10.8. The highest BCUT2D eigenvalue weighted by atomic mass is 79.9. The Labute approximate surface area is 156 Å². The lowest BCUT2D eigenvalue weighted by atomic mass is 10.3. The van der Waals surface area contributed by atoms with Crippen molar-refractivity contribution in [3.05, 3.63) is 73.0 Å². The predicted octanol–water partition coefficient (Wildman–Crippen LogP) is 4.28. The van der Waals surface area contributed by atoms with E-state index in [-0.39, 0.29) is 17.2 Å². The Balaban J connectivity index is 1.69. The van der Waals surface area contributed by atoms with Crippen LogP contribution in [0.25, 0.3) is 0 Å². The minimum absolute atomic E-state index is 0.0305. The number of nitrogens with one attached hydrogen (secondary N) is 1. The third-order valence-electron chi connectivity index (χ3n) is 3.19. The van der Waals surface area contributed by atoms with Gasteiger partial charge in [-0.15, -0.1) is 22.7 Å². The van der Waals surface area contributed by atoms with Crippen LogP contribution in [0.2, 0.25) is 0 Å². The molecule has 0 radical (unpaired) electrons. The fraction of sp³-hybridized carbons (Fsp3) is 0.0625. The van der Waals surface area contributed by atoms with Crippen molar-refractivity contribution in [1.82, 2.24) is 4.72 Å². The molecule has 1 aromatic carbocycles. The van der Waals surface area contributed by atoms with Crippen LogP contribution in [0.3, 0.4) is 0 Å². The van der Waals surface area contributed by atoms with Crippen LogP contribution < -0.4 is 4.72 Å². The average Bonchev–Trinajstić information content (AvgIpc) is 3.25. The fourth-order valence-electron chi connectivity index (χ4n) is 1.99. The number of thiophene rings is 2. The lowest BCUT2D eigenvalue weighted by molar-refractivity contribution is 0.104. The normalized spacial score (nSPS) is 11.5. The maximum absolute atomic E-state index is 12.3. The Morgan fingerprint density at radius 3 is 2.46 bits per heavy atom. The molecule has 2 heterocycles. The third-order valence-corrected chi connectivity index (χ3v) is 7.09. The van der Waals surface area contributed by atoms with Gasteiger partial charge < -0.3 is 0 Å². The van der Waals surface area contributed by atoms with E-state index in [0.717, 1.165) is 9.35 Å². The summed E-state index contributed by atoms with van der Waals surface area (Å²) < 4.78 is 27.9. The van der Waals surface area contributed by atoms with Gasteiger partial charge in [-0.1, -0.05) is 22.0 Å². The number of carbonyl (C=O) groups excluding carboxylic acids is 1. The smallest absolute Gasteiger partial charge is 0.240 e. The number of hydrogen-bond donors (Lipinski definition) is 1. The summed E-state index contributed by atoms with van der Waals surface area (Å²) in [5.41, 5.74) is 0. The van der Waals surface area contributed by atoms with Crippen LogP contribution in [-0.4, -0.2) is 14.2 Å². The molecule has 0 bridgehead atoms. The van der Waals surface area contributed by atoms with E-state index in [1.807, 2.05) is 11.4 Å². The Morgan fingerprint density at radius 2 is 1.79 bits per heavy atom. The highest BCUT2D eigenvalue weighted by Crippen LogP contribution is 2.23. The third kappa shape index (κ3) is 4.01. The number of benzene rings is 1. The predicted molar refractivity (Wildman–Crippen MR) is 100 cm³/mol. The Hall–Kier alpha value is -1.32. The van der Waals surface area contributed by atoms with Crippen molar-refractivity contribution in [2.45, 2.75) is 11.4 Å². The molecule has 4 nitrogen and oxygen atoms in total. The van der Waals surface area contributed by atoms with E-state index in [0.29, 0.717) is 9.75 Å². The zero-order chi connectivity index (χ0) is 17.2. The van der Waals surface area contributed by atoms with E-state index >= 15 is 0 Å². The first-order chi connectivity index (χ1) is 11.5. The van der Waals surface area contributed by atoms with Crippen molar-refractivity contribution in [2.24, 2.45) is 0 Å². The van der Waals surface area contributed by atoms with Gasteiger partial charge in [-0.3, -0.25) is 4.79 Å². The van der Waals surface area contributed by atoms with E-state index in [4.69, 9.17) is 0 Å². The highest BCUT2D eigenvalue weighted by molar-refractivity contribution is 9.10. The number of ketones is 1. The van der Waals surface area contributed by atoms with Crippen LogP contribution in [0.1, 0.15) is 19.4 Å². The largest absolute Gasteiger partial charge is 0.287 e. The van der Waals surface area contributed by atoms with Crippen molar-refractivity contribution in [2.75, 3.05) is 0 Å². The Morgan fingerprint density at radius 1 is 1.04 bits per heavy atom. The molecule has 0 fully saturated rings. The molecule has 0 aliphatic rings. The lowest BCUT2D eigenvalue weighted by Crippen LogP contribution is -2.22. The highest BCUT2D eigenvalue weighted by Gasteiger charge is 2.16. The molecule has 0 aliphatic carbocycles. The zero-order valence-corrected chi connectivity index (χ0v) is 16.3. The molecule has 2 aromatic heterocycles. The van der Waals surface area contributed by atoms with Crippen LogP contribution in [-0.2, 0) is 16.6 Å². The molecule has 3 aromatic rings. The molecular formula is C16H12BrNO3S3. The summed E-state index contributed by atoms with van der Waals surface area (Å²) >= 11 is 5.97. The van der Waals surface area contributed by atoms with Gasteiger partial charge in [0.1, 0.15) is 0 Å². The van der Waals surface area contributed by atoms with E-state index in [2.05, 4.69) is 20.7 Å². The molecule has 8 heteroatoms. The summed E-state index contributed by atoms with van der Waals surface area (Å²) in [7, 11) is -3.58. The van der Waals surface area contributed by atoms with Crippen LogP contribution in [0.4, 0.5) is 0 Å². The molecular weight excluding hydrogens is 430 g/mol. The molecule has 3 rings (SSSR count). The van der Waals surface area contributed by atoms with Crippen LogP contribution >= 0.6 is 38.6 Å². The second kappa shape index (κ2) is 7.28. The van der Waals surface area contributed by atoms with Crippen LogP contribution in [0, 0.1) is 0 Å². The molecule has 124 valence electrons. The van der Waals surface area contributed by atoms with Gasteiger partial charge in [-0.25, -0.2) is 13.1 Å². The molecule has 24 heavy (non-hydrogen) atoms. The Kier molecular flexibility index (Phi) is 5.31. The lowest BCUT2D eigenvalue weighted by Gasteiger charge is -2.05. The van der Waals surface area contributed by atoms with Gasteiger partial charge in [0.2, 0.25) is 15.8 Å². The first kappa shape index (κ1) is 17.5. The van der Waals surface area contributed by atoms with E-state index < -0.39 is 10.0 Å². The number of sulfonamides is 1. The molecule has 0 atom stereocenters. The van der Waals surface area contributed by atoms with Gasteiger partial charge >= 0.3 is 0 Å². The summed E-state index contributed by atoms with van der Waals surface area (Å²) in [5, 5.41) is 1.86. The van der Waals surface area contributed by atoms with Gasteiger partial charge in [-0.2, -0.15) is 0 Å². The Bertz CT molecular complexity index is 945. The minimum atomic E-state index is -3.58. The SMILES string of the molecule is O=C(c1cccs1)c1ccc(CNS(=O)(=O)c2ccc(Br)cc2)s1.